The van der Waals surface area contributed by atoms with Crippen molar-refractivity contribution in [3.63, 3.8) is 0 Å². The van der Waals surface area contributed by atoms with Gasteiger partial charge in [0, 0.05) is 25.1 Å². The number of fused-ring (bicyclic) bond motifs is 1. The van der Waals surface area contributed by atoms with Crippen molar-refractivity contribution in [2.45, 2.75) is 38.0 Å². The molecule has 0 radical (unpaired) electrons. The van der Waals surface area contributed by atoms with Gasteiger partial charge in [0.15, 0.2) is 5.82 Å². The Labute approximate surface area is 150 Å². The Morgan fingerprint density at radius 2 is 2.36 bits per heavy atom. The molecule has 25 heavy (non-hydrogen) atoms. The molecule has 1 saturated heterocycles. The zero-order chi connectivity index (χ0) is 17.6. The Morgan fingerprint density at radius 3 is 3.08 bits per heavy atom. The first-order chi connectivity index (χ1) is 12.0. The molecule has 1 amide bonds. The monoisotopic (exact) mass is 363 g/mol. The van der Waals surface area contributed by atoms with E-state index in [9.17, 15) is 9.18 Å². The Bertz CT molecular complexity index is 824. The Hall–Kier alpha value is -1.95. The van der Waals surface area contributed by atoms with Gasteiger partial charge in [-0.2, -0.15) is 4.98 Å². The van der Waals surface area contributed by atoms with Gasteiger partial charge in [-0.3, -0.25) is 4.79 Å². The fourth-order valence-electron chi connectivity index (χ4n) is 4.22. The summed E-state index contributed by atoms with van der Waals surface area (Å²) < 4.78 is 18.7. The van der Waals surface area contributed by atoms with Gasteiger partial charge in [0.05, 0.1) is 10.4 Å². The van der Waals surface area contributed by atoms with Crippen LogP contribution in [-0.4, -0.2) is 34.0 Å². The first-order valence-corrected chi connectivity index (χ1v) is 8.98. The molecule has 0 spiro atoms. The molecule has 7 heteroatoms. The van der Waals surface area contributed by atoms with Gasteiger partial charge >= 0.3 is 0 Å². The third kappa shape index (κ3) is 2.63. The summed E-state index contributed by atoms with van der Waals surface area (Å²) in [6.45, 7) is 3.20. The van der Waals surface area contributed by atoms with Crippen LogP contribution in [-0.2, 0) is 11.8 Å². The SMILES string of the molecule is CCc1nc(C23CCCC2CN(C(=O)c2ccc(F)c(Cl)c2)C3)no1. The van der Waals surface area contributed by atoms with Gasteiger partial charge in [0.2, 0.25) is 5.89 Å². The molecule has 2 aliphatic rings. The minimum Gasteiger partial charge on any atom is -0.339 e. The lowest BCUT2D eigenvalue weighted by molar-refractivity contribution is 0.0777. The number of aromatic nitrogens is 2. The largest absolute Gasteiger partial charge is 0.339 e. The van der Waals surface area contributed by atoms with Gasteiger partial charge in [-0.05, 0) is 37.0 Å². The highest BCUT2D eigenvalue weighted by Crippen LogP contribution is 2.49. The van der Waals surface area contributed by atoms with Crippen LogP contribution < -0.4 is 0 Å². The second kappa shape index (κ2) is 6.09. The van der Waals surface area contributed by atoms with E-state index in [2.05, 4.69) is 10.1 Å². The third-order valence-corrected chi connectivity index (χ3v) is 5.83. The number of likely N-dealkylation sites (tertiary alicyclic amines) is 1. The number of hydrogen-bond acceptors (Lipinski definition) is 4. The normalized spacial score (nSPS) is 25.4. The van der Waals surface area contributed by atoms with E-state index in [1.54, 1.807) is 0 Å². The predicted molar refractivity (Wildman–Crippen MR) is 90.0 cm³/mol. The molecule has 2 aromatic rings. The van der Waals surface area contributed by atoms with Crippen LogP contribution in [0.1, 0.15) is 48.3 Å². The van der Waals surface area contributed by atoms with Gasteiger partial charge in [-0.25, -0.2) is 4.39 Å². The number of carbonyl (C=O) groups is 1. The number of nitrogens with zero attached hydrogens (tertiary/aromatic N) is 3. The topological polar surface area (TPSA) is 59.2 Å². The van der Waals surface area contributed by atoms with Crippen molar-refractivity contribution in [3.05, 3.63) is 46.3 Å². The molecule has 1 aliphatic carbocycles. The summed E-state index contributed by atoms with van der Waals surface area (Å²) in [5.74, 6) is 1.03. The van der Waals surface area contributed by atoms with Crippen molar-refractivity contribution in [2.24, 2.45) is 5.92 Å². The van der Waals surface area contributed by atoms with Crippen LogP contribution in [0.4, 0.5) is 4.39 Å². The molecule has 1 aliphatic heterocycles. The number of aryl methyl sites for hydroxylation is 1. The quantitative estimate of drug-likeness (QED) is 0.835. The van der Waals surface area contributed by atoms with Crippen molar-refractivity contribution < 1.29 is 13.7 Å². The van der Waals surface area contributed by atoms with Crippen LogP contribution in [0.2, 0.25) is 5.02 Å². The second-order valence-electron chi connectivity index (χ2n) is 6.93. The molecule has 1 saturated carbocycles. The molecule has 0 bridgehead atoms. The van der Waals surface area contributed by atoms with Crippen LogP contribution in [0, 0.1) is 11.7 Å². The Balaban J connectivity index is 1.62. The lowest BCUT2D eigenvalue weighted by Crippen LogP contribution is -2.35. The van der Waals surface area contributed by atoms with Gasteiger partial charge in [-0.15, -0.1) is 0 Å². The standard InChI is InChI=1S/C18H19ClFN3O2/c1-2-15-21-17(22-25-15)18-7-3-4-12(18)9-23(10-18)16(24)11-5-6-14(20)13(19)8-11/h5-6,8,12H,2-4,7,9-10H2,1H3. The molecule has 1 aromatic heterocycles. The molecule has 2 heterocycles. The summed E-state index contributed by atoms with van der Waals surface area (Å²) in [6.07, 6.45) is 3.80. The molecule has 1 aromatic carbocycles. The average molecular weight is 364 g/mol. The van der Waals surface area contributed by atoms with Crippen LogP contribution in [0.5, 0.6) is 0 Å². The number of hydrogen-bond donors (Lipinski definition) is 0. The van der Waals surface area contributed by atoms with E-state index in [0.717, 1.165) is 25.1 Å². The molecule has 4 rings (SSSR count). The zero-order valence-electron chi connectivity index (χ0n) is 14.0. The maximum atomic E-state index is 13.4. The first kappa shape index (κ1) is 16.5. The smallest absolute Gasteiger partial charge is 0.253 e. The van der Waals surface area contributed by atoms with Crippen molar-refractivity contribution in [3.8, 4) is 0 Å². The average Bonchev–Trinajstić information content (AvgIpc) is 3.29. The molecule has 132 valence electrons. The minimum absolute atomic E-state index is 0.0364. The Kier molecular flexibility index (Phi) is 4.02. The lowest BCUT2D eigenvalue weighted by atomic mass is 9.80. The highest BCUT2D eigenvalue weighted by Gasteiger charge is 2.54. The fourth-order valence-corrected chi connectivity index (χ4v) is 4.40. The van der Waals surface area contributed by atoms with E-state index in [0.29, 0.717) is 36.9 Å². The van der Waals surface area contributed by atoms with E-state index in [4.69, 9.17) is 16.1 Å². The molecule has 2 fully saturated rings. The molecule has 2 unspecified atom stereocenters. The number of amides is 1. The van der Waals surface area contributed by atoms with Gasteiger partial charge < -0.3 is 9.42 Å². The fraction of sp³-hybridized carbons (Fsp3) is 0.500. The summed E-state index contributed by atoms with van der Waals surface area (Å²) in [7, 11) is 0. The van der Waals surface area contributed by atoms with Crippen LogP contribution >= 0.6 is 11.6 Å². The highest BCUT2D eigenvalue weighted by molar-refractivity contribution is 6.31. The second-order valence-corrected chi connectivity index (χ2v) is 7.33. The maximum Gasteiger partial charge on any atom is 0.253 e. The molecule has 0 N–H and O–H groups in total. The summed E-state index contributed by atoms with van der Waals surface area (Å²) in [6, 6.07) is 4.10. The highest BCUT2D eigenvalue weighted by atomic mass is 35.5. The van der Waals surface area contributed by atoms with E-state index in [-0.39, 0.29) is 16.3 Å². The Morgan fingerprint density at radius 1 is 1.52 bits per heavy atom. The van der Waals surface area contributed by atoms with Crippen LogP contribution in [0.3, 0.4) is 0 Å². The van der Waals surface area contributed by atoms with E-state index < -0.39 is 5.82 Å². The molecular weight excluding hydrogens is 345 g/mol. The van der Waals surface area contributed by atoms with E-state index in [1.165, 1.54) is 18.2 Å². The maximum absolute atomic E-state index is 13.4. The van der Waals surface area contributed by atoms with Crippen LogP contribution in [0.15, 0.2) is 22.7 Å². The van der Waals surface area contributed by atoms with Crippen molar-refractivity contribution >= 4 is 17.5 Å². The summed E-state index contributed by atoms with van der Waals surface area (Å²) in [5.41, 5.74) is 0.181. The number of halogens is 2. The summed E-state index contributed by atoms with van der Waals surface area (Å²) in [4.78, 5) is 19.2. The lowest BCUT2D eigenvalue weighted by Gasteiger charge is -2.24. The van der Waals surface area contributed by atoms with E-state index in [1.807, 2.05) is 11.8 Å². The van der Waals surface area contributed by atoms with Gasteiger partial charge in [0.1, 0.15) is 5.82 Å². The molecular formula is C18H19ClFN3O2. The van der Waals surface area contributed by atoms with E-state index >= 15 is 0 Å². The third-order valence-electron chi connectivity index (χ3n) is 5.54. The molecule has 2 atom stereocenters. The summed E-state index contributed by atoms with van der Waals surface area (Å²) >= 11 is 5.82. The van der Waals surface area contributed by atoms with Crippen molar-refractivity contribution in [2.75, 3.05) is 13.1 Å². The predicted octanol–water partition coefficient (Wildman–Crippen LogP) is 3.62. The van der Waals surface area contributed by atoms with Crippen molar-refractivity contribution in [1.29, 1.82) is 0 Å². The minimum atomic E-state index is -0.521. The van der Waals surface area contributed by atoms with Gasteiger partial charge in [-0.1, -0.05) is 30.1 Å². The molecule has 5 nitrogen and oxygen atoms in total. The van der Waals surface area contributed by atoms with Crippen molar-refractivity contribution in [1.82, 2.24) is 15.0 Å². The first-order valence-electron chi connectivity index (χ1n) is 8.61. The van der Waals surface area contributed by atoms with Gasteiger partial charge in [0.25, 0.3) is 5.91 Å². The zero-order valence-corrected chi connectivity index (χ0v) is 14.7. The van der Waals surface area contributed by atoms with Crippen LogP contribution in [0.25, 0.3) is 0 Å². The number of carbonyl (C=O) groups excluding carboxylic acids is 1. The number of benzene rings is 1. The number of rotatable bonds is 3. The summed E-state index contributed by atoms with van der Waals surface area (Å²) in [5, 5.41) is 4.16.